The minimum absolute atomic E-state index is 0.825. The van der Waals surface area contributed by atoms with E-state index in [2.05, 4.69) is 67.3 Å². The zero-order chi connectivity index (χ0) is 17.2. The maximum atomic E-state index is 4.41. The molecule has 1 aliphatic rings. The molecule has 4 nitrogen and oxygen atoms in total. The molecule has 25 heavy (non-hydrogen) atoms. The third kappa shape index (κ3) is 3.61. The SMILES string of the molecule is CC1CCN(c2ccc(Nc3ncnc4ccc(Br)cc34)cc2)CC1. The lowest BCUT2D eigenvalue weighted by atomic mass is 9.99. The van der Waals surface area contributed by atoms with Gasteiger partial charge < -0.3 is 10.2 Å². The van der Waals surface area contributed by atoms with Gasteiger partial charge in [-0.05, 0) is 61.2 Å². The molecule has 5 heteroatoms. The number of halogens is 1. The molecule has 2 heterocycles. The number of fused-ring (bicyclic) bond motifs is 1. The molecule has 0 unspecified atom stereocenters. The smallest absolute Gasteiger partial charge is 0.141 e. The predicted molar refractivity (Wildman–Crippen MR) is 108 cm³/mol. The molecule has 1 saturated heterocycles. The van der Waals surface area contributed by atoms with Crippen molar-refractivity contribution < 1.29 is 0 Å². The molecule has 2 aromatic carbocycles. The van der Waals surface area contributed by atoms with Crippen molar-refractivity contribution in [3.8, 4) is 0 Å². The summed E-state index contributed by atoms with van der Waals surface area (Å²) in [5, 5.41) is 4.43. The number of aromatic nitrogens is 2. The first-order valence-corrected chi connectivity index (χ1v) is 9.50. The summed E-state index contributed by atoms with van der Waals surface area (Å²) < 4.78 is 1.02. The van der Waals surface area contributed by atoms with Crippen LogP contribution in [0, 0.1) is 5.92 Å². The summed E-state index contributed by atoms with van der Waals surface area (Å²) in [6.45, 7) is 4.64. The Kier molecular flexibility index (Phi) is 4.57. The Hall–Kier alpha value is -2.14. The van der Waals surface area contributed by atoms with Gasteiger partial charge in [0.05, 0.1) is 5.52 Å². The summed E-state index contributed by atoms with van der Waals surface area (Å²) in [4.78, 5) is 11.2. The van der Waals surface area contributed by atoms with E-state index in [0.717, 1.165) is 45.9 Å². The van der Waals surface area contributed by atoms with Gasteiger partial charge in [0.2, 0.25) is 0 Å². The molecule has 4 rings (SSSR count). The van der Waals surface area contributed by atoms with Crippen LogP contribution in [0.15, 0.2) is 53.3 Å². The van der Waals surface area contributed by atoms with Gasteiger partial charge in [0.1, 0.15) is 12.1 Å². The second-order valence-corrected chi connectivity index (χ2v) is 7.64. The van der Waals surface area contributed by atoms with Crippen molar-refractivity contribution in [3.63, 3.8) is 0 Å². The number of hydrogen-bond donors (Lipinski definition) is 1. The van der Waals surface area contributed by atoms with E-state index < -0.39 is 0 Å². The molecule has 0 saturated carbocycles. The highest BCUT2D eigenvalue weighted by Crippen LogP contribution is 2.28. The largest absolute Gasteiger partial charge is 0.372 e. The van der Waals surface area contributed by atoms with Gasteiger partial charge >= 0.3 is 0 Å². The fourth-order valence-corrected chi connectivity index (χ4v) is 3.65. The highest BCUT2D eigenvalue weighted by molar-refractivity contribution is 9.10. The average Bonchev–Trinajstić information content (AvgIpc) is 2.64. The second-order valence-electron chi connectivity index (χ2n) is 6.73. The van der Waals surface area contributed by atoms with Crippen LogP contribution < -0.4 is 10.2 Å². The highest BCUT2D eigenvalue weighted by atomic mass is 79.9. The van der Waals surface area contributed by atoms with Crippen LogP contribution in [-0.4, -0.2) is 23.1 Å². The normalized spacial score (nSPS) is 15.5. The maximum absolute atomic E-state index is 4.41. The summed E-state index contributed by atoms with van der Waals surface area (Å²) in [5.41, 5.74) is 3.27. The van der Waals surface area contributed by atoms with E-state index in [0.29, 0.717) is 0 Å². The molecule has 128 valence electrons. The molecule has 1 aliphatic heterocycles. The van der Waals surface area contributed by atoms with E-state index >= 15 is 0 Å². The van der Waals surface area contributed by atoms with Gasteiger partial charge in [-0.15, -0.1) is 0 Å². The molecule has 3 aromatic rings. The van der Waals surface area contributed by atoms with E-state index in [4.69, 9.17) is 0 Å². The van der Waals surface area contributed by atoms with Gasteiger partial charge in [-0.3, -0.25) is 0 Å². The van der Waals surface area contributed by atoms with Crippen LogP contribution in [0.2, 0.25) is 0 Å². The Morgan fingerprint density at radius 1 is 1.04 bits per heavy atom. The topological polar surface area (TPSA) is 41.0 Å². The Bertz CT molecular complexity index is 871. The number of anilines is 3. The van der Waals surface area contributed by atoms with E-state index in [9.17, 15) is 0 Å². The van der Waals surface area contributed by atoms with Crippen LogP contribution in [0.3, 0.4) is 0 Å². The highest BCUT2D eigenvalue weighted by Gasteiger charge is 2.15. The Morgan fingerprint density at radius 3 is 2.56 bits per heavy atom. The average molecular weight is 397 g/mol. The summed E-state index contributed by atoms with van der Waals surface area (Å²) in [6.07, 6.45) is 4.16. The van der Waals surface area contributed by atoms with Crippen molar-refractivity contribution >= 4 is 44.0 Å². The fraction of sp³-hybridized carbons (Fsp3) is 0.300. The van der Waals surface area contributed by atoms with Gasteiger partial charge in [0.15, 0.2) is 0 Å². The summed E-state index contributed by atoms with van der Waals surface area (Å²) >= 11 is 3.52. The second kappa shape index (κ2) is 7.00. The van der Waals surface area contributed by atoms with Crippen LogP contribution in [-0.2, 0) is 0 Å². The van der Waals surface area contributed by atoms with Crippen molar-refractivity contribution in [3.05, 3.63) is 53.3 Å². The number of nitrogens with one attached hydrogen (secondary N) is 1. The maximum Gasteiger partial charge on any atom is 0.141 e. The van der Waals surface area contributed by atoms with E-state index in [1.54, 1.807) is 6.33 Å². The van der Waals surface area contributed by atoms with Crippen molar-refractivity contribution in [1.82, 2.24) is 9.97 Å². The molecule has 1 fully saturated rings. The monoisotopic (exact) mass is 396 g/mol. The molecule has 0 bridgehead atoms. The summed E-state index contributed by atoms with van der Waals surface area (Å²) in [5.74, 6) is 1.67. The Labute approximate surface area is 156 Å². The molecular weight excluding hydrogens is 376 g/mol. The standard InChI is InChI=1S/C20H21BrN4/c1-14-8-10-25(11-9-14)17-5-3-16(4-6-17)24-20-18-12-15(21)2-7-19(18)22-13-23-20/h2-7,12-14H,8-11H2,1H3,(H,22,23,24). The van der Waals surface area contributed by atoms with E-state index in [1.807, 2.05) is 18.2 Å². The molecular formula is C20H21BrN4. The van der Waals surface area contributed by atoms with Gasteiger partial charge in [0.25, 0.3) is 0 Å². The molecule has 0 aliphatic carbocycles. The minimum Gasteiger partial charge on any atom is -0.372 e. The lowest BCUT2D eigenvalue weighted by Gasteiger charge is -2.32. The molecule has 0 amide bonds. The summed E-state index contributed by atoms with van der Waals surface area (Å²) in [7, 11) is 0. The van der Waals surface area contributed by atoms with Crippen LogP contribution in [0.4, 0.5) is 17.2 Å². The molecule has 0 atom stereocenters. The van der Waals surface area contributed by atoms with Gasteiger partial charge in [-0.25, -0.2) is 9.97 Å². The molecule has 1 aromatic heterocycles. The quantitative estimate of drug-likeness (QED) is 0.645. The van der Waals surface area contributed by atoms with Crippen LogP contribution in [0.5, 0.6) is 0 Å². The van der Waals surface area contributed by atoms with Crippen molar-refractivity contribution in [2.45, 2.75) is 19.8 Å². The zero-order valence-corrected chi connectivity index (χ0v) is 15.8. The molecule has 0 spiro atoms. The first-order chi connectivity index (χ1) is 12.2. The lowest BCUT2D eigenvalue weighted by Crippen LogP contribution is -2.32. The van der Waals surface area contributed by atoms with Crippen LogP contribution >= 0.6 is 15.9 Å². The molecule has 1 N–H and O–H groups in total. The first kappa shape index (κ1) is 16.3. The number of hydrogen-bond acceptors (Lipinski definition) is 4. The fourth-order valence-electron chi connectivity index (χ4n) is 3.29. The van der Waals surface area contributed by atoms with Crippen LogP contribution in [0.25, 0.3) is 10.9 Å². The van der Waals surface area contributed by atoms with E-state index in [-0.39, 0.29) is 0 Å². The van der Waals surface area contributed by atoms with Gasteiger partial charge in [-0.1, -0.05) is 22.9 Å². The Morgan fingerprint density at radius 2 is 1.80 bits per heavy atom. The predicted octanol–water partition coefficient (Wildman–Crippen LogP) is 5.37. The third-order valence-corrected chi connectivity index (χ3v) is 5.37. The lowest BCUT2D eigenvalue weighted by molar-refractivity contribution is 0.438. The number of nitrogens with zero attached hydrogens (tertiary/aromatic N) is 3. The minimum atomic E-state index is 0.825. The molecule has 0 radical (unpaired) electrons. The first-order valence-electron chi connectivity index (χ1n) is 8.71. The number of benzene rings is 2. The summed E-state index contributed by atoms with van der Waals surface area (Å²) in [6, 6.07) is 14.7. The van der Waals surface area contributed by atoms with Crippen molar-refractivity contribution in [2.24, 2.45) is 5.92 Å². The number of piperidine rings is 1. The van der Waals surface area contributed by atoms with Crippen molar-refractivity contribution in [2.75, 3.05) is 23.3 Å². The van der Waals surface area contributed by atoms with Crippen LogP contribution in [0.1, 0.15) is 19.8 Å². The number of rotatable bonds is 3. The van der Waals surface area contributed by atoms with E-state index in [1.165, 1.54) is 18.5 Å². The van der Waals surface area contributed by atoms with Gasteiger partial charge in [0, 0.05) is 34.3 Å². The van der Waals surface area contributed by atoms with Gasteiger partial charge in [-0.2, -0.15) is 0 Å². The Balaban J connectivity index is 1.55. The third-order valence-electron chi connectivity index (χ3n) is 4.88. The zero-order valence-electron chi connectivity index (χ0n) is 14.2. The van der Waals surface area contributed by atoms with Crippen molar-refractivity contribution in [1.29, 1.82) is 0 Å².